The third-order valence-electron chi connectivity index (χ3n) is 3.15. The number of methoxy groups -OCH3 is 1. The summed E-state index contributed by atoms with van der Waals surface area (Å²) in [6.45, 7) is 0.713. The zero-order valence-electron chi connectivity index (χ0n) is 9.89. The largest absolute Gasteiger partial charge is 0.469 e. The minimum Gasteiger partial charge on any atom is -0.469 e. The lowest BCUT2D eigenvalue weighted by molar-refractivity contribution is -0.146. The molecule has 0 aromatic carbocycles. The van der Waals surface area contributed by atoms with E-state index in [4.69, 9.17) is 0 Å². The molecule has 2 rings (SSSR count). The predicted molar refractivity (Wildman–Crippen MR) is 61.4 cm³/mol. The fourth-order valence-corrected chi connectivity index (χ4v) is 3.56. The summed E-state index contributed by atoms with van der Waals surface area (Å²) < 4.78 is 32.6. The van der Waals surface area contributed by atoms with Gasteiger partial charge in [0, 0.05) is 19.1 Å². The summed E-state index contributed by atoms with van der Waals surface area (Å²) in [4.78, 5) is 11.4. The van der Waals surface area contributed by atoms with E-state index in [9.17, 15) is 13.2 Å². The van der Waals surface area contributed by atoms with Crippen molar-refractivity contribution >= 4 is 16.2 Å². The van der Waals surface area contributed by atoms with Crippen molar-refractivity contribution in [2.45, 2.75) is 31.7 Å². The molecule has 0 unspecified atom stereocenters. The molecule has 0 aromatic heterocycles. The lowest BCUT2D eigenvalue weighted by Gasteiger charge is -2.30. The maximum absolute atomic E-state index is 12.0. The van der Waals surface area contributed by atoms with Gasteiger partial charge in [-0.05, 0) is 25.7 Å². The molecule has 7 heteroatoms. The zero-order chi connectivity index (χ0) is 12.5. The predicted octanol–water partition coefficient (Wildman–Crippen LogP) is -0.132. The molecule has 1 N–H and O–H groups in total. The van der Waals surface area contributed by atoms with Gasteiger partial charge in [-0.3, -0.25) is 4.79 Å². The molecule has 0 bridgehead atoms. The van der Waals surface area contributed by atoms with Crippen molar-refractivity contribution in [1.82, 2.24) is 9.03 Å². The molecule has 0 spiro atoms. The Morgan fingerprint density at radius 1 is 1.35 bits per heavy atom. The first kappa shape index (κ1) is 12.8. The first-order valence-electron chi connectivity index (χ1n) is 5.88. The Bertz CT molecular complexity index is 391. The smallest absolute Gasteiger partial charge is 0.309 e. The quantitative estimate of drug-likeness (QED) is 0.716. The number of rotatable bonds is 4. The van der Waals surface area contributed by atoms with Gasteiger partial charge in [-0.2, -0.15) is 17.4 Å². The third kappa shape index (κ3) is 3.17. The number of nitrogens with one attached hydrogen (secondary N) is 1. The minimum absolute atomic E-state index is 0.0958. The second kappa shape index (κ2) is 4.91. The summed E-state index contributed by atoms with van der Waals surface area (Å²) in [5.41, 5.74) is 0. The highest BCUT2D eigenvalue weighted by molar-refractivity contribution is 7.87. The van der Waals surface area contributed by atoms with Crippen LogP contribution >= 0.6 is 0 Å². The van der Waals surface area contributed by atoms with E-state index in [0.29, 0.717) is 19.4 Å². The van der Waals surface area contributed by atoms with Crippen LogP contribution in [0.2, 0.25) is 0 Å². The Morgan fingerprint density at radius 3 is 2.65 bits per heavy atom. The summed E-state index contributed by atoms with van der Waals surface area (Å²) in [6, 6.07) is 0.0958. The molecule has 1 saturated heterocycles. The van der Waals surface area contributed by atoms with E-state index >= 15 is 0 Å². The molecule has 0 aromatic rings. The van der Waals surface area contributed by atoms with Crippen LogP contribution in [-0.2, 0) is 19.7 Å². The Hall–Kier alpha value is -0.660. The van der Waals surface area contributed by atoms with Gasteiger partial charge in [0.25, 0.3) is 10.2 Å². The van der Waals surface area contributed by atoms with Crippen LogP contribution in [0.4, 0.5) is 0 Å². The van der Waals surface area contributed by atoms with Crippen LogP contribution in [0.25, 0.3) is 0 Å². The van der Waals surface area contributed by atoms with Gasteiger partial charge in [-0.1, -0.05) is 0 Å². The monoisotopic (exact) mass is 262 g/mol. The number of carbonyl (C=O) groups excluding carboxylic acids is 1. The zero-order valence-corrected chi connectivity index (χ0v) is 10.7. The third-order valence-corrected chi connectivity index (χ3v) is 4.79. The van der Waals surface area contributed by atoms with Crippen molar-refractivity contribution in [3.63, 3.8) is 0 Å². The molecule has 17 heavy (non-hydrogen) atoms. The molecule has 1 aliphatic carbocycles. The van der Waals surface area contributed by atoms with E-state index in [-0.39, 0.29) is 24.5 Å². The molecule has 98 valence electrons. The van der Waals surface area contributed by atoms with Gasteiger partial charge in [-0.15, -0.1) is 0 Å². The van der Waals surface area contributed by atoms with Crippen molar-refractivity contribution in [2.24, 2.45) is 5.92 Å². The maximum Gasteiger partial charge on any atom is 0.309 e. The summed E-state index contributed by atoms with van der Waals surface area (Å²) >= 11 is 0. The van der Waals surface area contributed by atoms with Gasteiger partial charge in [0.2, 0.25) is 0 Å². The molecule has 6 nitrogen and oxygen atoms in total. The number of nitrogens with zero attached hydrogens (tertiary/aromatic N) is 1. The maximum atomic E-state index is 12.0. The molecule has 2 aliphatic rings. The van der Waals surface area contributed by atoms with Gasteiger partial charge < -0.3 is 4.74 Å². The number of ether oxygens (including phenoxy) is 1. The molecule has 1 heterocycles. The number of piperidine rings is 1. The van der Waals surface area contributed by atoms with Crippen LogP contribution in [-0.4, -0.2) is 44.9 Å². The van der Waals surface area contributed by atoms with Crippen LogP contribution in [0.5, 0.6) is 0 Å². The topological polar surface area (TPSA) is 75.7 Å². The van der Waals surface area contributed by atoms with Crippen molar-refractivity contribution < 1.29 is 17.9 Å². The van der Waals surface area contributed by atoms with Crippen molar-refractivity contribution in [2.75, 3.05) is 20.2 Å². The SMILES string of the molecule is COC(=O)[C@H]1CCCN(S(=O)(=O)NC2CC2)C1. The fourth-order valence-electron chi connectivity index (χ4n) is 2.01. The average Bonchev–Trinajstić information content (AvgIpc) is 3.11. The molecule has 1 aliphatic heterocycles. The van der Waals surface area contributed by atoms with E-state index in [1.54, 1.807) is 0 Å². The Balaban J connectivity index is 1.98. The lowest BCUT2D eigenvalue weighted by Crippen LogP contribution is -2.48. The number of carbonyl (C=O) groups is 1. The average molecular weight is 262 g/mol. The number of hydrogen-bond donors (Lipinski definition) is 1. The summed E-state index contributed by atoms with van der Waals surface area (Å²) in [5, 5.41) is 0. The first-order chi connectivity index (χ1) is 8.03. The van der Waals surface area contributed by atoms with Crippen molar-refractivity contribution in [3.8, 4) is 0 Å². The van der Waals surface area contributed by atoms with Gasteiger partial charge in [0.15, 0.2) is 0 Å². The van der Waals surface area contributed by atoms with Gasteiger partial charge in [0.1, 0.15) is 0 Å². The molecule has 1 saturated carbocycles. The Labute approximate surface area is 101 Å². The standard InChI is InChI=1S/C10H18N2O4S/c1-16-10(13)8-3-2-6-12(7-8)17(14,15)11-9-4-5-9/h8-9,11H,2-7H2,1H3/t8-/m0/s1. The fraction of sp³-hybridized carbons (Fsp3) is 0.900. The molecule has 1 atom stereocenters. The first-order valence-corrected chi connectivity index (χ1v) is 7.32. The van der Waals surface area contributed by atoms with E-state index in [2.05, 4.69) is 9.46 Å². The highest BCUT2D eigenvalue weighted by atomic mass is 32.2. The van der Waals surface area contributed by atoms with Crippen molar-refractivity contribution in [3.05, 3.63) is 0 Å². The molecular formula is C10H18N2O4S. The minimum atomic E-state index is -3.42. The summed E-state index contributed by atoms with van der Waals surface area (Å²) in [6.07, 6.45) is 3.22. The normalized spacial score (nSPS) is 26.8. The van der Waals surface area contributed by atoms with Gasteiger partial charge in [-0.25, -0.2) is 0 Å². The molecule has 0 radical (unpaired) electrons. The summed E-state index contributed by atoms with van der Waals surface area (Å²) in [7, 11) is -2.09. The molecular weight excluding hydrogens is 244 g/mol. The molecule has 0 amide bonds. The number of esters is 1. The second-order valence-corrected chi connectivity index (χ2v) is 6.32. The van der Waals surface area contributed by atoms with E-state index < -0.39 is 10.2 Å². The highest BCUT2D eigenvalue weighted by Crippen LogP contribution is 2.23. The number of hydrogen-bond acceptors (Lipinski definition) is 4. The summed E-state index contributed by atoms with van der Waals surface area (Å²) in [5.74, 6) is -0.652. The van der Waals surface area contributed by atoms with E-state index in [1.807, 2.05) is 0 Å². The van der Waals surface area contributed by atoms with Gasteiger partial charge in [0.05, 0.1) is 13.0 Å². The lowest BCUT2D eigenvalue weighted by atomic mass is 10.0. The van der Waals surface area contributed by atoms with Crippen LogP contribution in [0.3, 0.4) is 0 Å². The Morgan fingerprint density at radius 2 is 2.06 bits per heavy atom. The highest BCUT2D eigenvalue weighted by Gasteiger charge is 2.35. The van der Waals surface area contributed by atoms with Crippen LogP contribution in [0, 0.1) is 5.92 Å². The van der Waals surface area contributed by atoms with Gasteiger partial charge >= 0.3 is 5.97 Å². The van der Waals surface area contributed by atoms with E-state index in [0.717, 1.165) is 12.8 Å². The van der Waals surface area contributed by atoms with Crippen LogP contribution in [0.15, 0.2) is 0 Å². The van der Waals surface area contributed by atoms with Crippen LogP contribution < -0.4 is 4.72 Å². The molecule has 2 fully saturated rings. The van der Waals surface area contributed by atoms with Crippen LogP contribution in [0.1, 0.15) is 25.7 Å². The second-order valence-electron chi connectivity index (χ2n) is 4.62. The van der Waals surface area contributed by atoms with Crippen molar-refractivity contribution in [1.29, 1.82) is 0 Å². The Kier molecular flexibility index (Phi) is 3.70. The van der Waals surface area contributed by atoms with E-state index in [1.165, 1.54) is 11.4 Å².